The second-order valence-corrected chi connectivity index (χ2v) is 7.50. The Morgan fingerprint density at radius 2 is 1.82 bits per heavy atom. The van der Waals surface area contributed by atoms with Crippen LogP contribution in [0.25, 0.3) is 0 Å². The van der Waals surface area contributed by atoms with Gasteiger partial charge in [-0.1, -0.05) is 45.7 Å². The van der Waals surface area contributed by atoms with Crippen molar-refractivity contribution in [3.63, 3.8) is 0 Å². The van der Waals surface area contributed by atoms with Gasteiger partial charge < -0.3 is 14.8 Å². The molecule has 6 heteroatoms. The van der Waals surface area contributed by atoms with Crippen LogP contribution in [0.1, 0.15) is 23.6 Å². The van der Waals surface area contributed by atoms with E-state index < -0.39 is 0 Å². The van der Waals surface area contributed by atoms with Gasteiger partial charge in [0, 0.05) is 35.0 Å². The van der Waals surface area contributed by atoms with Gasteiger partial charge in [0.05, 0.1) is 6.61 Å². The summed E-state index contributed by atoms with van der Waals surface area (Å²) in [4.78, 5) is 4.13. The molecule has 146 valence electrons. The SMILES string of the molecule is CCOc1cc(CNCc2cccnc2)c(Br)cc1OCc1cccc(Cl)c1. The van der Waals surface area contributed by atoms with Crippen LogP contribution in [-0.2, 0) is 19.7 Å². The molecule has 0 aliphatic carbocycles. The first-order valence-corrected chi connectivity index (χ1v) is 10.2. The second-order valence-electron chi connectivity index (χ2n) is 6.21. The molecule has 3 aromatic rings. The summed E-state index contributed by atoms with van der Waals surface area (Å²) in [6.07, 6.45) is 3.64. The fourth-order valence-electron chi connectivity index (χ4n) is 2.73. The molecule has 0 radical (unpaired) electrons. The van der Waals surface area contributed by atoms with E-state index in [1.807, 2.05) is 61.7 Å². The number of hydrogen-bond acceptors (Lipinski definition) is 4. The molecule has 1 N–H and O–H groups in total. The monoisotopic (exact) mass is 460 g/mol. The molecule has 0 aliphatic rings. The molecule has 2 aromatic carbocycles. The second kappa shape index (κ2) is 10.5. The average Bonchev–Trinajstić information content (AvgIpc) is 2.70. The highest BCUT2D eigenvalue weighted by Gasteiger charge is 2.11. The lowest BCUT2D eigenvalue weighted by atomic mass is 10.2. The largest absolute Gasteiger partial charge is 0.490 e. The molecular weight excluding hydrogens is 440 g/mol. The summed E-state index contributed by atoms with van der Waals surface area (Å²) in [6.45, 7) is 4.40. The lowest BCUT2D eigenvalue weighted by Crippen LogP contribution is -2.13. The Kier molecular flexibility index (Phi) is 7.71. The number of aromatic nitrogens is 1. The standard InChI is InChI=1S/C22H22BrClN2O2/c1-2-27-21-10-18(14-26-13-17-6-4-8-25-12-17)20(23)11-22(21)28-15-16-5-3-7-19(24)9-16/h3-12,26H,2,13-15H2,1H3. The van der Waals surface area contributed by atoms with Crippen molar-refractivity contribution in [3.05, 3.63) is 87.1 Å². The topological polar surface area (TPSA) is 43.4 Å². The Morgan fingerprint density at radius 3 is 2.57 bits per heavy atom. The summed E-state index contributed by atoms with van der Waals surface area (Å²) in [5.41, 5.74) is 3.25. The number of nitrogens with one attached hydrogen (secondary N) is 1. The fraction of sp³-hybridized carbons (Fsp3) is 0.227. The van der Waals surface area contributed by atoms with Crippen LogP contribution >= 0.6 is 27.5 Å². The van der Waals surface area contributed by atoms with Gasteiger partial charge in [-0.25, -0.2) is 0 Å². The Labute approximate surface area is 179 Å². The van der Waals surface area contributed by atoms with Crippen LogP contribution in [0.4, 0.5) is 0 Å². The predicted molar refractivity (Wildman–Crippen MR) is 116 cm³/mol. The molecule has 0 atom stereocenters. The highest BCUT2D eigenvalue weighted by molar-refractivity contribution is 9.10. The minimum Gasteiger partial charge on any atom is -0.490 e. The number of nitrogens with zero attached hydrogens (tertiary/aromatic N) is 1. The Morgan fingerprint density at radius 1 is 1.00 bits per heavy atom. The zero-order valence-corrected chi connectivity index (χ0v) is 18.0. The Bertz CT molecular complexity index is 906. The molecule has 0 saturated carbocycles. The quantitative estimate of drug-likeness (QED) is 0.440. The summed E-state index contributed by atoms with van der Waals surface area (Å²) in [5.74, 6) is 1.43. The summed E-state index contributed by atoms with van der Waals surface area (Å²) >= 11 is 9.70. The van der Waals surface area contributed by atoms with Crippen molar-refractivity contribution in [2.75, 3.05) is 6.61 Å². The highest BCUT2D eigenvalue weighted by atomic mass is 79.9. The molecule has 0 unspecified atom stereocenters. The van der Waals surface area contributed by atoms with Crippen LogP contribution < -0.4 is 14.8 Å². The summed E-state index contributed by atoms with van der Waals surface area (Å²) < 4.78 is 12.8. The lowest BCUT2D eigenvalue weighted by Gasteiger charge is -2.15. The molecule has 1 heterocycles. The zero-order chi connectivity index (χ0) is 19.8. The van der Waals surface area contributed by atoms with Gasteiger partial charge in [-0.3, -0.25) is 4.98 Å². The van der Waals surface area contributed by atoms with Gasteiger partial charge in [0.1, 0.15) is 6.61 Å². The molecule has 0 fully saturated rings. The first-order chi connectivity index (χ1) is 13.7. The third kappa shape index (κ3) is 5.96. The predicted octanol–water partition coefficient (Wildman–Crippen LogP) is 5.77. The average molecular weight is 462 g/mol. The molecule has 4 nitrogen and oxygen atoms in total. The summed E-state index contributed by atoms with van der Waals surface area (Å²) in [7, 11) is 0. The van der Waals surface area contributed by atoms with Crippen molar-refractivity contribution < 1.29 is 9.47 Å². The maximum Gasteiger partial charge on any atom is 0.162 e. The number of halogens is 2. The van der Waals surface area contributed by atoms with E-state index in [0.29, 0.717) is 30.5 Å². The number of hydrogen-bond donors (Lipinski definition) is 1. The van der Waals surface area contributed by atoms with E-state index >= 15 is 0 Å². The molecule has 3 rings (SSSR count). The minimum absolute atomic E-state index is 0.422. The van der Waals surface area contributed by atoms with Crippen molar-refractivity contribution in [1.82, 2.24) is 10.3 Å². The third-order valence-electron chi connectivity index (χ3n) is 4.06. The van der Waals surface area contributed by atoms with Crippen molar-refractivity contribution in [3.8, 4) is 11.5 Å². The van der Waals surface area contributed by atoms with E-state index in [0.717, 1.165) is 33.5 Å². The van der Waals surface area contributed by atoms with Crippen molar-refractivity contribution in [1.29, 1.82) is 0 Å². The molecule has 28 heavy (non-hydrogen) atoms. The smallest absolute Gasteiger partial charge is 0.162 e. The van der Waals surface area contributed by atoms with E-state index in [1.54, 1.807) is 6.20 Å². The lowest BCUT2D eigenvalue weighted by molar-refractivity contribution is 0.269. The van der Waals surface area contributed by atoms with Gasteiger partial charge >= 0.3 is 0 Å². The zero-order valence-electron chi connectivity index (χ0n) is 15.6. The van der Waals surface area contributed by atoms with E-state index in [1.165, 1.54) is 0 Å². The molecule has 0 bridgehead atoms. The van der Waals surface area contributed by atoms with Gasteiger partial charge in [0.2, 0.25) is 0 Å². The minimum atomic E-state index is 0.422. The normalized spacial score (nSPS) is 10.7. The molecule has 0 saturated heterocycles. The highest BCUT2D eigenvalue weighted by Crippen LogP contribution is 2.34. The van der Waals surface area contributed by atoms with E-state index in [9.17, 15) is 0 Å². The van der Waals surface area contributed by atoms with Crippen LogP contribution in [0.3, 0.4) is 0 Å². The van der Waals surface area contributed by atoms with E-state index in [2.05, 4.69) is 26.2 Å². The van der Waals surface area contributed by atoms with Gasteiger partial charge in [-0.2, -0.15) is 0 Å². The number of benzene rings is 2. The van der Waals surface area contributed by atoms with Crippen molar-refractivity contribution in [2.45, 2.75) is 26.6 Å². The van der Waals surface area contributed by atoms with Crippen molar-refractivity contribution >= 4 is 27.5 Å². The summed E-state index contributed by atoms with van der Waals surface area (Å²) in [5, 5.41) is 4.13. The number of rotatable bonds is 9. The van der Waals surface area contributed by atoms with Crippen molar-refractivity contribution in [2.24, 2.45) is 0 Å². The van der Waals surface area contributed by atoms with Crippen LogP contribution in [-0.4, -0.2) is 11.6 Å². The third-order valence-corrected chi connectivity index (χ3v) is 5.04. The molecular formula is C22H22BrClN2O2. The van der Waals surface area contributed by atoms with Crippen LogP contribution in [0.2, 0.25) is 5.02 Å². The summed E-state index contributed by atoms with van der Waals surface area (Å²) in [6, 6.07) is 15.6. The Balaban J connectivity index is 1.68. The molecule has 0 spiro atoms. The molecule has 0 amide bonds. The van der Waals surface area contributed by atoms with E-state index in [-0.39, 0.29) is 0 Å². The van der Waals surface area contributed by atoms with Crippen LogP contribution in [0.5, 0.6) is 11.5 Å². The fourth-order valence-corrected chi connectivity index (χ4v) is 3.40. The molecule has 1 aromatic heterocycles. The Hall–Kier alpha value is -2.08. The van der Waals surface area contributed by atoms with Crippen LogP contribution in [0.15, 0.2) is 65.4 Å². The van der Waals surface area contributed by atoms with Gasteiger partial charge in [-0.05, 0) is 53.9 Å². The van der Waals surface area contributed by atoms with Gasteiger partial charge in [-0.15, -0.1) is 0 Å². The number of pyridine rings is 1. The van der Waals surface area contributed by atoms with Gasteiger partial charge in [0.15, 0.2) is 11.5 Å². The number of ether oxygens (including phenoxy) is 2. The first kappa shape index (κ1) is 20.6. The molecule has 0 aliphatic heterocycles. The van der Waals surface area contributed by atoms with E-state index in [4.69, 9.17) is 21.1 Å². The van der Waals surface area contributed by atoms with Gasteiger partial charge in [0.25, 0.3) is 0 Å². The van der Waals surface area contributed by atoms with Crippen LogP contribution in [0, 0.1) is 0 Å². The first-order valence-electron chi connectivity index (χ1n) is 9.07. The maximum absolute atomic E-state index is 6.05. The maximum atomic E-state index is 6.05.